The van der Waals surface area contributed by atoms with E-state index in [0.717, 1.165) is 22.4 Å². The van der Waals surface area contributed by atoms with Crippen LogP contribution in [0, 0.1) is 5.82 Å². The lowest BCUT2D eigenvalue weighted by atomic mass is 9.91. The van der Waals surface area contributed by atoms with E-state index in [2.05, 4.69) is 0 Å². The van der Waals surface area contributed by atoms with Gasteiger partial charge in [0.05, 0.1) is 6.61 Å². The number of hydrogen-bond acceptors (Lipinski definition) is 3. The molecule has 1 unspecified atom stereocenters. The number of carbonyl (C=O) groups is 1. The smallest absolute Gasteiger partial charge is 0.305 e. The highest BCUT2D eigenvalue weighted by Gasteiger charge is 2.26. The third-order valence-corrected chi connectivity index (χ3v) is 3.72. The molecule has 0 N–H and O–H groups in total. The van der Waals surface area contributed by atoms with Crippen molar-refractivity contribution in [1.29, 1.82) is 0 Å². The number of benzene rings is 2. The zero-order valence-corrected chi connectivity index (χ0v) is 12.3. The summed E-state index contributed by atoms with van der Waals surface area (Å²) in [5, 5.41) is 0. The number of para-hydroxylation sites is 1. The van der Waals surface area contributed by atoms with Crippen LogP contribution in [0.25, 0.3) is 11.1 Å². The molecule has 1 aliphatic rings. The first-order chi connectivity index (χ1) is 10.7. The molecule has 0 saturated carbocycles. The van der Waals surface area contributed by atoms with Gasteiger partial charge in [-0.05, 0) is 37.1 Å². The van der Waals surface area contributed by atoms with Gasteiger partial charge in [0.25, 0.3) is 0 Å². The summed E-state index contributed by atoms with van der Waals surface area (Å²) in [6.07, 6.45) is 0.366. The van der Waals surface area contributed by atoms with Gasteiger partial charge in [-0.1, -0.05) is 24.3 Å². The predicted octanol–water partition coefficient (Wildman–Crippen LogP) is 4.27. The molecule has 4 heteroatoms. The van der Waals surface area contributed by atoms with Crippen LogP contribution in [0.1, 0.15) is 31.4 Å². The molecule has 0 fully saturated rings. The van der Waals surface area contributed by atoms with Crippen molar-refractivity contribution < 1.29 is 18.7 Å². The Morgan fingerprint density at radius 2 is 2.05 bits per heavy atom. The van der Waals surface area contributed by atoms with E-state index in [0.29, 0.717) is 13.0 Å². The number of halogens is 1. The second-order valence-corrected chi connectivity index (χ2v) is 5.18. The van der Waals surface area contributed by atoms with Crippen molar-refractivity contribution in [2.75, 3.05) is 6.61 Å². The zero-order valence-electron chi connectivity index (χ0n) is 12.3. The van der Waals surface area contributed by atoms with E-state index < -0.39 is 0 Å². The molecule has 2 aromatic rings. The van der Waals surface area contributed by atoms with E-state index >= 15 is 0 Å². The molecule has 1 atom stereocenters. The van der Waals surface area contributed by atoms with Gasteiger partial charge >= 0.3 is 5.97 Å². The molecule has 0 amide bonds. The van der Waals surface area contributed by atoms with Crippen LogP contribution in [0.5, 0.6) is 5.75 Å². The molecule has 22 heavy (non-hydrogen) atoms. The maximum Gasteiger partial charge on any atom is 0.305 e. The molecule has 1 heterocycles. The molecule has 3 nitrogen and oxygen atoms in total. The Morgan fingerprint density at radius 3 is 2.86 bits per heavy atom. The summed E-state index contributed by atoms with van der Waals surface area (Å²) in [5.41, 5.74) is 2.69. The summed E-state index contributed by atoms with van der Waals surface area (Å²) in [5.74, 6) is 0.196. The summed E-state index contributed by atoms with van der Waals surface area (Å²) in [4.78, 5) is 11.6. The van der Waals surface area contributed by atoms with Gasteiger partial charge in [0.15, 0.2) is 0 Å². The van der Waals surface area contributed by atoms with Crippen LogP contribution >= 0.6 is 0 Å². The molecule has 2 aromatic carbocycles. The molecule has 0 saturated heterocycles. The van der Waals surface area contributed by atoms with E-state index in [9.17, 15) is 9.18 Å². The van der Waals surface area contributed by atoms with Crippen LogP contribution in [0.15, 0.2) is 42.5 Å². The number of ether oxygens (including phenoxy) is 2. The average molecular weight is 300 g/mol. The number of fused-ring (bicyclic) bond motifs is 3. The molecular weight excluding hydrogens is 283 g/mol. The minimum absolute atomic E-state index is 0.247. The first kappa shape index (κ1) is 14.6. The number of hydrogen-bond donors (Lipinski definition) is 0. The first-order valence-corrected chi connectivity index (χ1v) is 7.40. The molecule has 0 radical (unpaired) electrons. The van der Waals surface area contributed by atoms with Crippen molar-refractivity contribution in [3.8, 4) is 16.9 Å². The van der Waals surface area contributed by atoms with Gasteiger partial charge < -0.3 is 9.47 Å². The van der Waals surface area contributed by atoms with Crippen LogP contribution in [0.3, 0.4) is 0 Å². The molecule has 114 valence electrons. The van der Waals surface area contributed by atoms with Crippen LogP contribution < -0.4 is 4.74 Å². The predicted molar refractivity (Wildman–Crippen MR) is 81.1 cm³/mol. The van der Waals surface area contributed by atoms with E-state index in [4.69, 9.17) is 9.47 Å². The summed E-state index contributed by atoms with van der Waals surface area (Å²) in [7, 11) is 0. The lowest BCUT2D eigenvalue weighted by Crippen LogP contribution is -2.16. The zero-order chi connectivity index (χ0) is 15.5. The van der Waals surface area contributed by atoms with Crippen molar-refractivity contribution in [2.24, 2.45) is 0 Å². The van der Waals surface area contributed by atoms with Gasteiger partial charge in [-0.15, -0.1) is 0 Å². The Morgan fingerprint density at radius 1 is 1.23 bits per heavy atom. The number of carbonyl (C=O) groups excluding carboxylic acids is 1. The highest BCUT2D eigenvalue weighted by atomic mass is 19.1. The Kier molecular flexibility index (Phi) is 4.09. The minimum Gasteiger partial charge on any atom is -0.485 e. The largest absolute Gasteiger partial charge is 0.485 e. The fourth-order valence-corrected chi connectivity index (χ4v) is 2.75. The molecule has 0 bridgehead atoms. The lowest BCUT2D eigenvalue weighted by molar-refractivity contribution is -0.143. The van der Waals surface area contributed by atoms with E-state index in [-0.39, 0.29) is 24.3 Å². The second kappa shape index (κ2) is 6.18. The van der Waals surface area contributed by atoms with Crippen LogP contribution in [0.4, 0.5) is 4.39 Å². The van der Waals surface area contributed by atoms with Crippen molar-refractivity contribution in [3.05, 3.63) is 53.8 Å². The normalized spacial score (nSPS) is 15.5. The number of rotatable bonds is 4. The van der Waals surface area contributed by atoms with Gasteiger partial charge in [0, 0.05) is 17.5 Å². The van der Waals surface area contributed by atoms with Gasteiger partial charge in [0.2, 0.25) is 0 Å². The van der Waals surface area contributed by atoms with Crippen LogP contribution in [-0.4, -0.2) is 12.6 Å². The van der Waals surface area contributed by atoms with Crippen molar-refractivity contribution in [1.82, 2.24) is 0 Å². The standard InChI is InChI=1S/C18H17FO3/c1-2-21-18(20)10-9-17-15-11-12(19)7-8-13(15)14-5-3-4-6-16(14)22-17/h3-8,11,17H,2,9-10H2,1H3. The first-order valence-electron chi connectivity index (χ1n) is 7.40. The molecule has 0 aliphatic carbocycles. The summed E-state index contributed by atoms with van der Waals surface area (Å²) in [6, 6.07) is 12.4. The lowest BCUT2D eigenvalue weighted by Gasteiger charge is -2.28. The van der Waals surface area contributed by atoms with Crippen molar-refractivity contribution >= 4 is 5.97 Å². The fourth-order valence-electron chi connectivity index (χ4n) is 2.75. The average Bonchev–Trinajstić information content (AvgIpc) is 2.52. The van der Waals surface area contributed by atoms with Gasteiger partial charge in [-0.3, -0.25) is 4.79 Å². The Labute approximate surface area is 128 Å². The molecule has 0 spiro atoms. The topological polar surface area (TPSA) is 35.5 Å². The highest BCUT2D eigenvalue weighted by Crippen LogP contribution is 2.43. The maximum absolute atomic E-state index is 13.6. The maximum atomic E-state index is 13.6. The van der Waals surface area contributed by atoms with Crippen molar-refractivity contribution in [3.63, 3.8) is 0 Å². The Balaban J connectivity index is 1.91. The minimum atomic E-state index is -0.343. The van der Waals surface area contributed by atoms with E-state index in [1.54, 1.807) is 13.0 Å². The molecular formula is C18H17FO3. The Hall–Kier alpha value is -2.36. The van der Waals surface area contributed by atoms with Gasteiger partial charge in [-0.25, -0.2) is 4.39 Å². The molecule has 1 aliphatic heterocycles. The quantitative estimate of drug-likeness (QED) is 0.791. The van der Waals surface area contributed by atoms with Crippen molar-refractivity contribution in [2.45, 2.75) is 25.9 Å². The summed E-state index contributed by atoms with van der Waals surface area (Å²) < 4.78 is 24.5. The van der Waals surface area contributed by atoms with Gasteiger partial charge in [-0.2, -0.15) is 0 Å². The second-order valence-electron chi connectivity index (χ2n) is 5.18. The van der Waals surface area contributed by atoms with Gasteiger partial charge in [0.1, 0.15) is 17.7 Å². The molecule has 3 rings (SSSR count). The van der Waals surface area contributed by atoms with E-state index in [1.165, 1.54) is 12.1 Å². The molecule has 0 aromatic heterocycles. The number of esters is 1. The van der Waals surface area contributed by atoms with E-state index in [1.807, 2.05) is 24.3 Å². The third kappa shape index (κ3) is 2.82. The third-order valence-electron chi connectivity index (χ3n) is 3.72. The highest BCUT2D eigenvalue weighted by molar-refractivity contribution is 5.76. The summed E-state index contributed by atoms with van der Waals surface area (Å²) in [6.45, 7) is 2.13. The van der Waals surface area contributed by atoms with Crippen LogP contribution in [0.2, 0.25) is 0 Å². The SMILES string of the molecule is CCOC(=O)CCC1Oc2ccccc2-c2ccc(F)cc21. The monoisotopic (exact) mass is 300 g/mol. The van der Waals surface area contributed by atoms with Crippen LogP contribution in [-0.2, 0) is 9.53 Å². The summed E-state index contributed by atoms with van der Waals surface area (Å²) >= 11 is 0. The Bertz CT molecular complexity index is 696. The fraction of sp³-hybridized carbons (Fsp3) is 0.278.